The second-order valence-corrected chi connectivity index (χ2v) is 22.7. The molecule has 23 nitrogen and oxygen atoms in total. The molecule has 1 aliphatic heterocycles. The van der Waals surface area contributed by atoms with E-state index in [0.29, 0.717) is 54.4 Å². The molecule has 1 fully saturated rings. The van der Waals surface area contributed by atoms with Crippen molar-refractivity contribution in [3.05, 3.63) is 139 Å². The number of fused-ring (bicyclic) bond motifs is 2. The molecule has 6 aromatic rings. The number of nitrogens with one attached hydrogen (secondary N) is 5. The summed E-state index contributed by atoms with van der Waals surface area (Å²) in [5.41, 5.74) is -0.812. The molecule has 0 saturated carbocycles. The Labute approximate surface area is 461 Å². The first-order chi connectivity index (χ1) is 37.9. The van der Waals surface area contributed by atoms with Gasteiger partial charge in [0.1, 0.15) is 22.7 Å². The number of carbonyl (C=O) groups excluding carboxylic acids is 3. The van der Waals surface area contributed by atoms with Gasteiger partial charge in [0, 0.05) is 128 Å². The minimum Gasteiger partial charge on any atom is -0.422 e. The standard InChI is InChI=1S/C53H64F2N10O13S2/c1-56-79(71,72)59-43-13-9-11-32(48(43)54)25-39-41(29-58-30-47(66)61(3)4)37-17-15-36(28-45(37)77-50(39)67)76-53(70)64(8)24-23-63(7)34-19-21-65(22-20-34)31-42-38-18-16-35(75-52(69)62(5)6)27-46(38)78-51(68)40(42)26-33-12-10-14-44(49(33)55)60-80(73,74)57-2/h9-18,27-28,34,56-60H,19-26,29-31H2,1-8H3. The Kier molecular flexibility index (Phi) is 19.3. The zero-order valence-electron chi connectivity index (χ0n) is 45.4. The van der Waals surface area contributed by atoms with Crippen molar-refractivity contribution in [3.8, 4) is 11.5 Å². The molecule has 0 spiro atoms. The first-order valence-electron chi connectivity index (χ1n) is 25.2. The quantitative estimate of drug-likeness (QED) is 0.0590. The maximum Gasteiger partial charge on any atom is 0.415 e. The molecule has 0 radical (unpaired) electrons. The van der Waals surface area contributed by atoms with E-state index < -0.39 is 55.5 Å². The number of amides is 3. The number of likely N-dealkylation sites (N-methyl/N-ethyl adjacent to an activating group) is 3. The van der Waals surface area contributed by atoms with Crippen LogP contribution >= 0.6 is 0 Å². The Hall–Kier alpha value is -7.53. The van der Waals surface area contributed by atoms with Gasteiger partial charge in [-0.05, 0) is 91.6 Å². The monoisotopic (exact) mass is 1150 g/mol. The van der Waals surface area contributed by atoms with Gasteiger partial charge in [0.25, 0.3) is 20.4 Å². The third-order valence-corrected chi connectivity index (χ3v) is 15.7. The lowest BCUT2D eigenvalue weighted by molar-refractivity contribution is -0.127. The molecule has 3 amide bonds. The van der Waals surface area contributed by atoms with E-state index in [1.54, 1.807) is 39.3 Å². The van der Waals surface area contributed by atoms with Crippen LogP contribution in [0.25, 0.3) is 21.9 Å². The van der Waals surface area contributed by atoms with Crippen molar-refractivity contribution in [2.75, 3.05) is 98.5 Å². The highest BCUT2D eigenvalue weighted by Gasteiger charge is 2.28. The van der Waals surface area contributed by atoms with Gasteiger partial charge in [0.15, 0.2) is 11.6 Å². The lowest BCUT2D eigenvalue weighted by atomic mass is 9.96. The summed E-state index contributed by atoms with van der Waals surface area (Å²) in [5, 5.41) is 3.98. The van der Waals surface area contributed by atoms with Crippen LogP contribution in [0.2, 0.25) is 0 Å². The highest BCUT2D eigenvalue weighted by atomic mass is 32.2. The third-order valence-electron chi connectivity index (χ3n) is 13.6. The van der Waals surface area contributed by atoms with E-state index in [0.717, 1.165) is 7.05 Å². The molecule has 1 aliphatic rings. The Morgan fingerprint density at radius 2 is 1.14 bits per heavy atom. The Balaban J connectivity index is 1.02. The van der Waals surface area contributed by atoms with E-state index in [-0.39, 0.29) is 107 Å². The number of hydrogen-bond donors (Lipinski definition) is 5. The van der Waals surface area contributed by atoms with Crippen molar-refractivity contribution in [2.24, 2.45) is 0 Å². The molecule has 0 bridgehead atoms. The van der Waals surface area contributed by atoms with Crippen LogP contribution in [0.3, 0.4) is 0 Å². The molecule has 27 heteroatoms. The van der Waals surface area contributed by atoms with E-state index in [9.17, 15) is 40.8 Å². The summed E-state index contributed by atoms with van der Waals surface area (Å²) in [5.74, 6) is -1.80. The summed E-state index contributed by atoms with van der Waals surface area (Å²) < 4.78 is 111. The summed E-state index contributed by atoms with van der Waals surface area (Å²) in [4.78, 5) is 74.2. The zero-order valence-corrected chi connectivity index (χ0v) is 47.0. The summed E-state index contributed by atoms with van der Waals surface area (Å²) in [6.07, 6.45) is -0.440. The predicted molar refractivity (Wildman–Crippen MR) is 296 cm³/mol. The van der Waals surface area contributed by atoms with Crippen LogP contribution in [-0.2, 0) is 51.1 Å². The third kappa shape index (κ3) is 14.8. The molecule has 5 N–H and O–H groups in total. The van der Waals surface area contributed by atoms with Crippen LogP contribution in [0, 0.1) is 11.6 Å². The van der Waals surface area contributed by atoms with Crippen molar-refractivity contribution in [1.29, 1.82) is 0 Å². The van der Waals surface area contributed by atoms with Crippen molar-refractivity contribution < 1.29 is 58.3 Å². The van der Waals surface area contributed by atoms with Gasteiger partial charge in [-0.15, -0.1) is 0 Å². The molecule has 0 aliphatic carbocycles. The van der Waals surface area contributed by atoms with Gasteiger partial charge in [0.05, 0.1) is 17.9 Å². The van der Waals surface area contributed by atoms with Crippen LogP contribution in [0.15, 0.2) is 91.2 Å². The molecule has 7 rings (SSSR count). The van der Waals surface area contributed by atoms with Crippen LogP contribution < -0.4 is 44.9 Å². The number of anilines is 2. The molecule has 3 heterocycles. The number of benzene rings is 4. The van der Waals surface area contributed by atoms with Gasteiger partial charge in [0.2, 0.25) is 5.91 Å². The average molecular weight is 1150 g/mol. The highest BCUT2D eigenvalue weighted by molar-refractivity contribution is 7.91. The van der Waals surface area contributed by atoms with Gasteiger partial charge in [-0.25, -0.2) is 37.4 Å². The van der Waals surface area contributed by atoms with E-state index in [2.05, 4.69) is 34.0 Å². The minimum atomic E-state index is -4.07. The minimum absolute atomic E-state index is 0.00731. The molecule has 2 aromatic heterocycles. The smallest absolute Gasteiger partial charge is 0.415 e. The van der Waals surface area contributed by atoms with Crippen molar-refractivity contribution in [2.45, 2.75) is 44.8 Å². The fourth-order valence-electron chi connectivity index (χ4n) is 8.94. The summed E-state index contributed by atoms with van der Waals surface area (Å²) >= 11 is 0. The van der Waals surface area contributed by atoms with Gasteiger partial charge < -0.3 is 43.2 Å². The molecule has 0 unspecified atom stereocenters. The predicted octanol–water partition coefficient (Wildman–Crippen LogP) is 4.38. The van der Waals surface area contributed by atoms with E-state index in [1.165, 1.54) is 90.4 Å². The Morgan fingerprint density at radius 1 is 0.650 bits per heavy atom. The molecule has 430 valence electrons. The first kappa shape index (κ1) is 60.1. The molecular formula is C53H64F2N10O13S2. The number of ether oxygens (including phenoxy) is 2. The second kappa shape index (κ2) is 25.7. The topological polar surface area (TPSA) is 275 Å². The summed E-state index contributed by atoms with van der Waals surface area (Å²) in [6, 6.07) is 17.5. The molecule has 80 heavy (non-hydrogen) atoms. The van der Waals surface area contributed by atoms with E-state index >= 15 is 8.78 Å². The molecule has 1 saturated heterocycles. The summed E-state index contributed by atoms with van der Waals surface area (Å²) in [6.45, 7) is 2.08. The van der Waals surface area contributed by atoms with Gasteiger partial charge in [-0.3, -0.25) is 19.1 Å². The number of nitrogens with zero attached hydrogens (tertiary/aromatic N) is 5. The van der Waals surface area contributed by atoms with E-state index in [4.69, 9.17) is 18.3 Å². The lowest BCUT2D eigenvalue weighted by Gasteiger charge is -2.37. The van der Waals surface area contributed by atoms with Crippen LogP contribution in [0.1, 0.15) is 46.2 Å². The van der Waals surface area contributed by atoms with Gasteiger partial charge in [-0.2, -0.15) is 16.8 Å². The number of hydrogen-bond acceptors (Lipinski definition) is 16. The maximum atomic E-state index is 15.9. The van der Waals surface area contributed by atoms with Crippen LogP contribution in [0.5, 0.6) is 11.5 Å². The van der Waals surface area contributed by atoms with Crippen LogP contribution in [-0.4, -0.2) is 155 Å². The highest BCUT2D eigenvalue weighted by Crippen LogP contribution is 2.32. The molecular weight excluding hydrogens is 1090 g/mol. The number of halogens is 2. The summed E-state index contributed by atoms with van der Waals surface area (Å²) in [7, 11) is 3.98. The maximum absolute atomic E-state index is 15.9. The number of carbonyl (C=O) groups is 3. The number of likely N-dealkylation sites (tertiary alicyclic amines) is 1. The van der Waals surface area contributed by atoms with E-state index in [1.807, 2.05) is 7.05 Å². The van der Waals surface area contributed by atoms with Crippen molar-refractivity contribution in [1.82, 2.24) is 39.3 Å². The van der Waals surface area contributed by atoms with Crippen molar-refractivity contribution >= 4 is 71.8 Å². The van der Waals surface area contributed by atoms with Gasteiger partial charge in [-0.1, -0.05) is 24.3 Å². The SMILES string of the molecule is CNS(=O)(=O)Nc1cccc(Cc2c(CNCC(=O)N(C)C)c3ccc(OC(=O)N(C)CCN(C)C4CCN(Cc5c(Cc6cccc(NS(=O)(=O)NC)c6F)c(=O)oc6cc(OC(=O)N(C)C)ccc56)CC4)cc3oc2=O)c1F. The normalized spacial score (nSPS) is 13.4. The lowest BCUT2D eigenvalue weighted by Crippen LogP contribution is -2.45. The Morgan fingerprint density at radius 3 is 1.62 bits per heavy atom. The zero-order chi connectivity index (χ0) is 58.2. The molecule has 0 atom stereocenters. The van der Waals surface area contributed by atoms with Crippen LogP contribution in [0.4, 0.5) is 29.7 Å². The molecule has 4 aromatic carbocycles. The fraction of sp³-hybridized carbons (Fsp3) is 0.377. The van der Waals surface area contributed by atoms with Gasteiger partial charge >= 0.3 is 23.4 Å². The number of rotatable bonds is 22. The largest absolute Gasteiger partial charge is 0.422 e. The average Bonchev–Trinajstić information content (AvgIpc) is 3.45. The first-order valence-corrected chi connectivity index (χ1v) is 28.1. The fourth-order valence-corrected chi connectivity index (χ4v) is 10.0. The second-order valence-electron chi connectivity index (χ2n) is 19.5. The Bertz CT molecular complexity index is 3650. The number of piperidine rings is 1. The van der Waals surface area contributed by atoms with Crippen molar-refractivity contribution in [3.63, 3.8) is 0 Å².